The maximum absolute atomic E-state index is 16.6. The Morgan fingerprint density at radius 3 is 2.64 bits per heavy atom. The van der Waals surface area contributed by atoms with Crippen molar-refractivity contribution in [2.45, 2.75) is 120 Å². The van der Waals surface area contributed by atoms with Crippen molar-refractivity contribution in [3.63, 3.8) is 0 Å². The third kappa shape index (κ3) is 5.07. The number of nitrogens with zero attached hydrogens (tertiary/aromatic N) is 3. The zero-order valence-electron chi connectivity index (χ0n) is 26.3. The number of nitrogens with one attached hydrogen (secondary N) is 4. The summed E-state index contributed by atoms with van der Waals surface area (Å²) in [4.78, 5) is 33.2. The van der Waals surface area contributed by atoms with E-state index in [0.717, 1.165) is 25.8 Å². The van der Waals surface area contributed by atoms with Crippen LogP contribution in [0.25, 0.3) is 0 Å². The molecule has 246 valence electrons. The molecule has 0 radical (unpaired) electrons. The van der Waals surface area contributed by atoms with E-state index >= 15 is 8.78 Å². The number of piperazine rings is 1. The molecule has 0 aromatic heterocycles. The lowest BCUT2D eigenvalue weighted by molar-refractivity contribution is -0.131. The molecule has 2 bridgehead atoms. The number of hydrogen-bond acceptors (Lipinski definition) is 7. The van der Waals surface area contributed by atoms with Crippen LogP contribution >= 0.6 is 0 Å². The number of ether oxygens (including phenoxy) is 1. The van der Waals surface area contributed by atoms with E-state index in [0.29, 0.717) is 32.7 Å². The van der Waals surface area contributed by atoms with Gasteiger partial charge in [0.25, 0.3) is 0 Å². The second kappa shape index (κ2) is 12.1. The molecule has 2 saturated carbocycles. The zero-order valence-corrected chi connectivity index (χ0v) is 26.3. The Morgan fingerprint density at radius 2 is 1.86 bits per heavy atom. The van der Waals surface area contributed by atoms with Crippen molar-refractivity contribution in [3.8, 4) is 0 Å². The molecule has 5 saturated heterocycles. The highest BCUT2D eigenvalue weighted by Crippen LogP contribution is 2.47. The molecular formula is C32H51F2N7O3. The number of rotatable bonds is 3. The standard InChI is InChI=1S/C32H51F2N7O3/c1-5-23(42)39-12-13-40(28-17(4)27(28)39)30-18-15-20(34)26-24-19(33)7-6-8-21(24)35-11-14-44-22-9-10-36-25(16(2)3)29(22)41(31(18)37-26)32(43)38-30/h5,16-22,24-31,35-37H,1,6-15H2,2-4H3,(H,38,43)/t17-,18?,19?,20?,21?,22?,24?,25?,26?,27+,28-,29?,30?,31?/m0/s1. The van der Waals surface area contributed by atoms with Crippen LogP contribution in [0.3, 0.4) is 0 Å². The Bertz CT molecular complexity index is 1120. The van der Waals surface area contributed by atoms with Crippen LogP contribution in [-0.2, 0) is 9.53 Å². The average molecular weight is 620 g/mol. The van der Waals surface area contributed by atoms with Crippen molar-refractivity contribution < 1.29 is 23.1 Å². The van der Waals surface area contributed by atoms with Gasteiger partial charge in [-0.25, -0.2) is 13.6 Å². The highest BCUT2D eigenvalue weighted by Gasteiger charge is 2.63. The number of hydrogen-bond donors (Lipinski definition) is 4. The van der Waals surface area contributed by atoms with Gasteiger partial charge in [0.2, 0.25) is 5.91 Å². The normalized spacial score (nSPS) is 47.7. The highest BCUT2D eigenvalue weighted by atomic mass is 19.1. The summed E-state index contributed by atoms with van der Waals surface area (Å²) >= 11 is 0. The summed E-state index contributed by atoms with van der Waals surface area (Å²) in [6, 6.07) is -1.16. The molecule has 5 heterocycles. The lowest BCUT2D eigenvalue weighted by Crippen LogP contribution is -2.80. The first-order valence-corrected chi connectivity index (χ1v) is 17.1. The molecule has 0 aromatic carbocycles. The van der Waals surface area contributed by atoms with Gasteiger partial charge >= 0.3 is 6.03 Å². The number of piperidine rings is 2. The summed E-state index contributed by atoms with van der Waals surface area (Å²) in [5.74, 6) is -0.381. The third-order valence-corrected chi connectivity index (χ3v) is 12.0. The van der Waals surface area contributed by atoms with E-state index in [4.69, 9.17) is 4.74 Å². The van der Waals surface area contributed by atoms with Crippen LogP contribution in [0, 0.1) is 23.7 Å². The second-order valence-corrected chi connectivity index (χ2v) is 14.7. The van der Waals surface area contributed by atoms with Crippen LogP contribution < -0.4 is 21.3 Å². The fraction of sp³-hybridized carbons (Fsp3) is 0.875. The van der Waals surface area contributed by atoms with E-state index in [2.05, 4.69) is 53.5 Å². The molecule has 7 rings (SSSR count). The van der Waals surface area contributed by atoms with Gasteiger partial charge in [0, 0.05) is 55.6 Å². The fourth-order valence-corrected chi connectivity index (χ4v) is 10.0. The Morgan fingerprint density at radius 1 is 1.05 bits per heavy atom. The molecule has 3 amide bonds. The zero-order chi connectivity index (χ0) is 30.9. The Balaban J connectivity index is 1.26. The number of alkyl halides is 2. The summed E-state index contributed by atoms with van der Waals surface area (Å²) in [5.41, 5.74) is 0. The molecular weight excluding hydrogens is 568 g/mol. The van der Waals surface area contributed by atoms with Crippen LogP contribution in [0.5, 0.6) is 0 Å². The van der Waals surface area contributed by atoms with Gasteiger partial charge < -0.3 is 30.5 Å². The van der Waals surface area contributed by atoms with Gasteiger partial charge in [-0.1, -0.05) is 27.4 Å². The Hall–Kier alpha value is -1.86. The molecule has 4 N–H and O–H groups in total. The molecule has 7 fully saturated rings. The summed E-state index contributed by atoms with van der Waals surface area (Å²) in [6.45, 7) is 13.1. The van der Waals surface area contributed by atoms with Gasteiger partial charge in [-0.2, -0.15) is 0 Å². The quantitative estimate of drug-likeness (QED) is 0.356. The number of amides is 3. The molecule has 7 aliphatic rings. The fourth-order valence-electron chi connectivity index (χ4n) is 10.0. The number of carbonyl (C=O) groups excluding carboxylic acids is 2. The van der Waals surface area contributed by atoms with Crippen molar-refractivity contribution in [2.24, 2.45) is 23.7 Å². The number of fused-ring (bicyclic) bond motifs is 6. The molecule has 2 aliphatic carbocycles. The van der Waals surface area contributed by atoms with Crippen LogP contribution in [0.15, 0.2) is 12.7 Å². The summed E-state index contributed by atoms with van der Waals surface area (Å²) in [7, 11) is 0. The van der Waals surface area contributed by atoms with Crippen molar-refractivity contribution in [1.82, 2.24) is 36.0 Å². The van der Waals surface area contributed by atoms with Crippen LogP contribution in [0.2, 0.25) is 0 Å². The summed E-state index contributed by atoms with van der Waals surface area (Å²) in [5, 5.41) is 14.2. The molecule has 14 atom stereocenters. The van der Waals surface area contributed by atoms with E-state index in [1.807, 2.05) is 9.80 Å². The summed E-state index contributed by atoms with van der Waals surface area (Å²) < 4.78 is 38.9. The maximum Gasteiger partial charge on any atom is 0.320 e. The second-order valence-electron chi connectivity index (χ2n) is 14.7. The van der Waals surface area contributed by atoms with Crippen LogP contribution in [0.4, 0.5) is 13.6 Å². The molecule has 0 aromatic rings. The topological polar surface area (TPSA) is 101 Å². The van der Waals surface area contributed by atoms with Gasteiger partial charge in [-0.05, 0) is 56.6 Å². The number of urea groups is 1. The van der Waals surface area contributed by atoms with E-state index in [-0.39, 0.29) is 72.4 Å². The van der Waals surface area contributed by atoms with E-state index in [9.17, 15) is 9.59 Å². The first-order chi connectivity index (χ1) is 21.2. The molecule has 0 spiro atoms. The highest BCUT2D eigenvalue weighted by molar-refractivity contribution is 5.88. The number of carbonyl (C=O) groups is 2. The first kappa shape index (κ1) is 30.8. The number of halogens is 2. The third-order valence-electron chi connectivity index (χ3n) is 12.0. The van der Waals surface area contributed by atoms with Crippen molar-refractivity contribution >= 4 is 11.9 Å². The van der Waals surface area contributed by atoms with Gasteiger partial charge in [0.05, 0.1) is 37.1 Å². The lowest BCUT2D eigenvalue weighted by atomic mass is 9.72. The average Bonchev–Trinajstić information content (AvgIpc) is 3.68. The van der Waals surface area contributed by atoms with Crippen molar-refractivity contribution in [3.05, 3.63) is 12.7 Å². The first-order valence-electron chi connectivity index (χ1n) is 17.1. The van der Waals surface area contributed by atoms with Gasteiger partial charge in [-0.15, -0.1) is 0 Å². The smallest absolute Gasteiger partial charge is 0.320 e. The van der Waals surface area contributed by atoms with E-state index in [1.165, 1.54) is 6.08 Å². The minimum absolute atomic E-state index is 0.00593. The predicted molar refractivity (Wildman–Crippen MR) is 162 cm³/mol. The molecule has 5 aliphatic heterocycles. The van der Waals surface area contributed by atoms with Crippen molar-refractivity contribution in [1.29, 1.82) is 0 Å². The molecule has 12 heteroatoms. The lowest BCUT2D eigenvalue weighted by Gasteiger charge is -2.59. The van der Waals surface area contributed by atoms with Crippen LogP contribution in [-0.4, -0.2) is 126 Å². The molecule has 44 heavy (non-hydrogen) atoms. The van der Waals surface area contributed by atoms with Gasteiger partial charge in [-0.3, -0.25) is 15.0 Å². The Labute approximate surface area is 260 Å². The van der Waals surface area contributed by atoms with Crippen molar-refractivity contribution in [2.75, 3.05) is 32.8 Å². The monoisotopic (exact) mass is 619 g/mol. The summed E-state index contributed by atoms with van der Waals surface area (Å²) in [6.07, 6.45) is 0.976. The van der Waals surface area contributed by atoms with Gasteiger partial charge in [0.15, 0.2) is 0 Å². The Kier molecular flexibility index (Phi) is 8.43. The largest absolute Gasteiger partial charge is 0.375 e. The molecule has 11 unspecified atom stereocenters. The SMILES string of the molecule is C=CC(=O)N1CCN(C2NC(=O)N3C4NC(C(F)CC42)C2C(F)CCCC2NCCOC2CCNC(C(C)C)C23)[C@H]2[C@@H](C)[C@H]21. The van der Waals surface area contributed by atoms with Crippen LogP contribution in [0.1, 0.15) is 52.9 Å². The minimum atomic E-state index is -1.25. The van der Waals surface area contributed by atoms with E-state index in [1.54, 1.807) is 0 Å². The maximum atomic E-state index is 16.6. The molecule has 10 nitrogen and oxygen atoms in total. The van der Waals surface area contributed by atoms with E-state index < -0.39 is 36.6 Å². The van der Waals surface area contributed by atoms with Gasteiger partial charge in [0.1, 0.15) is 12.3 Å². The predicted octanol–water partition coefficient (Wildman–Crippen LogP) is 1.58. The minimum Gasteiger partial charge on any atom is -0.375 e.